The first-order valence-corrected chi connectivity index (χ1v) is 6.36. The Morgan fingerprint density at radius 3 is 3.07 bits per heavy atom. The molecule has 0 aromatic heterocycles. The SMILES string of the molecule is NC1CCCC2c3cc(Br)ccc3NC12. The summed E-state index contributed by atoms with van der Waals surface area (Å²) in [5, 5.41) is 3.57. The molecule has 1 heterocycles. The highest BCUT2D eigenvalue weighted by Crippen LogP contribution is 2.44. The van der Waals surface area contributed by atoms with Gasteiger partial charge in [0, 0.05) is 28.2 Å². The Morgan fingerprint density at radius 2 is 2.20 bits per heavy atom. The second-order valence-electron chi connectivity index (χ2n) is 4.60. The molecular formula is C12H15BrN2. The molecule has 80 valence electrons. The molecule has 1 aromatic carbocycles. The maximum absolute atomic E-state index is 6.16. The highest BCUT2D eigenvalue weighted by Gasteiger charge is 2.38. The van der Waals surface area contributed by atoms with Gasteiger partial charge in [0.1, 0.15) is 0 Å². The van der Waals surface area contributed by atoms with E-state index in [1.807, 2.05) is 0 Å². The lowest BCUT2D eigenvalue weighted by Crippen LogP contribution is -2.43. The first-order chi connectivity index (χ1) is 7.25. The van der Waals surface area contributed by atoms with E-state index in [0.29, 0.717) is 18.0 Å². The number of hydrogen-bond donors (Lipinski definition) is 2. The summed E-state index contributed by atoms with van der Waals surface area (Å²) in [6, 6.07) is 7.27. The molecule has 1 aliphatic carbocycles. The smallest absolute Gasteiger partial charge is 0.0481 e. The van der Waals surface area contributed by atoms with E-state index in [2.05, 4.69) is 39.4 Å². The summed E-state index contributed by atoms with van der Waals surface area (Å²) in [7, 11) is 0. The lowest BCUT2D eigenvalue weighted by Gasteiger charge is -2.31. The van der Waals surface area contributed by atoms with Crippen LogP contribution >= 0.6 is 15.9 Å². The van der Waals surface area contributed by atoms with Crippen LogP contribution in [0.25, 0.3) is 0 Å². The van der Waals surface area contributed by atoms with Crippen LogP contribution in [0.1, 0.15) is 30.7 Å². The molecule has 3 atom stereocenters. The number of anilines is 1. The van der Waals surface area contributed by atoms with Gasteiger partial charge in [0.05, 0.1) is 0 Å². The van der Waals surface area contributed by atoms with Crippen molar-refractivity contribution >= 4 is 21.6 Å². The molecule has 3 unspecified atom stereocenters. The molecule has 1 saturated carbocycles. The predicted octanol–water partition coefficient (Wildman–Crippen LogP) is 2.84. The average molecular weight is 267 g/mol. The van der Waals surface area contributed by atoms with Gasteiger partial charge in [0.15, 0.2) is 0 Å². The van der Waals surface area contributed by atoms with Crippen molar-refractivity contribution < 1.29 is 0 Å². The lowest BCUT2D eigenvalue weighted by atomic mass is 9.80. The molecule has 0 bridgehead atoms. The van der Waals surface area contributed by atoms with E-state index in [0.717, 1.165) is 6.42 Å². The summed E-state index contributed by atoms with van der Waals surface area (Å²) >= 11 is 3.54. The normalized spacial score (nSPS) is 33.1. The Balaban J connectivity index is 2.01. The Kier molecular flexibility index (Phi) is 2.25. The molecule has 15 heavy (non-hydrogen) atoms. The van der Waals surface area contributed by atoms with Gasteiger partial charge in [-0.25, -0.2) is 0 Å². The monoisotopic (exact) mass is 266 g/mol. The summed E-state index contributed by atoms with van der Waals surface area (Å²) in [6.07, 6.45) is 3.69. The summed E-state index contributed by atoms with van der Waals surface area (Å²) in [4.78, 5) is 0. The minimum absolute atomic E-state index is 0.315. The van der Waals surface area contributed by atoms with Crippen molar-refractivity contribution in [2.45, 2.75) is 37.3 Å². The molecule has 0 saturated heterocycles. The molecule has 1 aliphatic heterocycles. The second-order valence-corrected chi connectivity index (χ2v) is 5.52. The van der Waals surface area contributed by atoms with E-state index >= 15 is 0 Å². The Morgan fingerprint density at radius 1 is 1.33 bits per heavy atom. The lowest BCUT2D eigenvalue weighted by molar-refractivity contribution is 0.372. The third-order valence-corrected chi connectivity index (χ3v) is 4.18. The van der Waals surface area contributed by atoms with Crippen LogP contribution in [0.2, 0.25) is 0 Å². The van der Waals surface area contributed by atoms with Crippen LogP contribution in [0.5, 0.6) is 0 Å². The number of halogens is 1. The van der Waals surface area contributed by atoms with Crippen molar-refractivity contribution in [3.63, 3.8) is 0 Å². The summed E-state index contributed by atoms with van der Waals surface area (Å²) in [5.74, 6) is 0.626. The molecule has 1 aromatic rings. The van der Waals surface area contributed by atoms with Crippen LogP contribution in [0.4, 0.5) is 5.69 Å². The molecule has 0 spiro atoms. The van der Waals surface area contributed by atoms with E-state index in [-0.39, 0.29) is 0 Å². The van der Waals surface area contributed by atoms with E-state index in [9.17, 15) is 0 Å². The number of nitrogens with one attached hydrogen (secondary N) is 1. The molecule has 3 N–H and O–H groups in total. The van der Waals surface area contributed by atoms with Gasteiger partial charge >= 0.3 is 0 Å². The third-order valence-electron chi connectivity index (χ3n) is 3.68. The van der Waals surface area contributed by atoms with Crippen LogP contribution in [-0.4, -0.2) is 12.1 Å². The maximum Gasteiger partial charge on any atom is 0.0481 e. The van der Waals surface area contributed by atoms with Gasteiger partial charge in [-0.2, -0.15) is 0 Å². The summed E-state index contributed by atoms with van der Waals surface area (Å²) < 4.78 is 1.17. The van der Waals surface area contributed by atoms with Gasteiger partial charge in [-0.05, 0) is 36.6 Å². The minimum Gasteiger partial charge on any atom is -0.380 e. The van der Waals surface area contributed by atoms with Crippen molar-refractivity contribution in [1.82, 2.24) is 0 Å². The zero-order valence-electron chi connectivity index (χ0n) is 8.54. The van der Waals surface area contributed by atoms with Gasteiger partial charge in [0.2, 0.25) is 0 Å². The van der Waals surface area contributed by atoms with Crippen LogP contribution in [0, 0.1) is 0 Å². The zero-order valence-corrected chi connectivity index (χ0v) is 10.1. The van der Waals surface area contributed by atoms with Crippen molar-refractivity contribution in [1.29, 1.82) is 0 Å². The number of fused-ring (bicyclic) bond motifs is 3. The molecule has 1 fully saturated rings. The van der Waals surface area contributed by atoms with Gasteiger partial charge in [0.25, 0.3) is 0 Å². The van der Waals surface area contributed by atoms with Gasteiger partial charge in [-0.15, -0.1) is 0 Å². The average Bonchev–Trinajstić information content (AvgIpc) is 2.58. The van der Waals surface area contributed by atoms with E-state index in [1.54, 1.807) is 0 Å². The van der Waals surface area contributed by atoms with E-state index in [4.69, 9.17) is 5.73 Å². The van der Waals surface area contributed by atoms with Crippen molar-refractivity contribution in [2.75, 3.05) is 5.32 Å². The zero-order chi connectivity index (χ0) is 10.4. The molecule has 2 nitrogen and oxygen atoms in total. The fourth-order valence-electron chi connectivity index (χ4n) is 2.94. The number of benzene rings is 1. The summed E-state index contributed by atoms with van der Waals surface area (Å²) in [6.45, 7) is 0. The van der Waals surface area contributed by atoms with Gasteiger partial charge in [-0.3, -0.25) is 0 Å². The first-order valence-electron chi connectivity index (χ1n) is 5.57. The molecular weight excluding hydrogens is 252 g/mol. The van der Waals surface area contributed by atoms with Crippen molar-refractivity contribution in [3.05, 3.63) is 28.2 Å². The first kappa shape index (κ1) is 9.67. The van der Waals surface area contributed by atoms with Crippen LogP contribution in [0.3, 0.4) is 0 Å². The fourth-order valence-corrected chi connectivity index (χ4v) is 3.32. The van der Waals surface area contributed by atoms with E-state index in [1.165, 1.54) is 28.6 Å². The Labute approximate surface area is 98.4 Å². The van der Waals surface area contributed by atoms with Crippen molar-refractivity contribution in [3.8, 4) is 0 Å². The molecule has 3 heteroatoms. The number of nitrogens with two attached hydrogens (primary N) is 1. The van der Waals surface area contributed by atoms with Crippen LogP contribution in [0.15, 0.2) is 22.7 Å². The van der Waals surface area contributed by atoms with Crippen LogP contribution in [-0.2, 0) is 0 Å². The fraction of sp³-hybridized carbons (Fsp3) is 0.500. The highest BCUT2D eigenvalue weighted by molar-refractivity contribution is 9.10. The standard InChI is InChI=1S/C12H15BrN2/c13-7-4-5-11-9(6-7)8-2-1-3-10(14)12(8)15-11/h4-6,8,10,12,15H,1-3,14H2. The second kappa shape index (κ2) is 3.49. The minimum atomic E-state index is 0.315. The quantitative estimate of drug-likeness (QED) is 0.758. The van der Waals surface area contributed by atoms with E-state index < -0.39 is 0 Å². The highest BCUT2D eigenvalue weighted by atomic mass is 79.9. The number of hydrogen-bond acceptors (Lipinski definition) is 2. The topological polar surface area (TPSA) is 38.0 Å². The van der Waals surface area contributed by atoms with Gasteiger partial charge < -0.3 is 11.1 Å². The largest absolute Gasteiger partial charge is 0.380 e. The van der Waals surface area contributed by atoms with Gasteiger partial charge in [-0.1, -0.05) is 22.4 Å². The van der Waals surface area contributed by atoms with Crippen LogP contribution < -0.4 is 11.1 Å². The molecule has 3 rings (SSSR count). The molecule has 0 amide bonds. The maximum atomic E-state index is 6.16. The number of rotatable bonds is 0. The Hall–Kier alpha value is -0.540. The Bertz CT molecular complexity index is 391. The predicted molar refractivity (Wildman–Crippen MR) is 66.1 cm³/mol. The summed E-state index contributed by atoms with van der Waals surface area (Å²) in [5.41, 5.74) is 8.89. The van der Waals surface area contributed by atoms with Crippen molar-refractivity contribution in [2.24, 2.45) is 5.73 Å². The third kappa shape index (κ3) is 1.49. The molecule has 2 aliphatic rings. The molecule has 0 radical (unpaired) electrons.